The van der Waals surface area contributed by atoms with Crippen molar-refractivity contribution in [2.75, 3.05) is 28.9 Å². The van der Waals surface area contributed by atoms with Gasteiger partial charge in [0, 0.05) is 18.8 Å². The van der Waals surface area contributed by atoms with E-state index in [0.29, 0.717) is 12.2 Å². The lowest BCUT2D eigenvalue weighted by atomic mass is 10.2. The van der Waals surface area contributed by atoms with E-state index in [4.69, 9.17) is 27.9 Å². The van der Waals surface area contributed by atoms with Gasteiger partial charge in [-0.1, -0.05) is 59.6 Å². The highest BCUT2D eigenvalue weighted by Gasteiger charge is 2.30. The highest BCUT2D eigenvalue weighted by atomic mass is 35.5. The van der Waals surface area contributed by atoms with Crippen molar-refractivity contribution in [3.8, 4) is 0 Å². The number of carbonyl (C=O) groups excluding carboxylic acids is 2. The maximum Gasteiger partial charge on any atom is 0.340 e. The summed E-state index contributed by atoms with van der Waals surface area (Å²) in [5.41, 5.74) is 2.07. The van der Waals surface area contributed by atoms with Crippen LogP contribution in [0.3, 0.4) is 0 Å². The number of hydrogen-bond acceptors (Lipinski definition) is 5. The van der Waals surface area contributed by atoms with Gasteiger partial charge in [0.1, 0.15) is 4.90 Å². The zero-order valence-electron chi connectivity index (χ0n) is 18.8. The molecule has 3 aromatic carbocycles. The number of para-hydroxylation sites is 2. The molecule has 0 unspecified atom stereocenters. The maximum atomic E-state index is 13.4. The molecule has 0 fully saturated rings. The minimum atomic E-state index is -4.13. The number of hydrogen-bond donors (Lipinski definition) is 0. The zero-order valence-corrected chi connectivity index (χ0v) is 21.1. The summed E-state index contributed by atoms with van der Waals surface area (Å²) in [5, 5.41) is -0.216. The summed E-state index contributed by atoms with van der Waals surface area (Å²) < 4.78 is 33.2. The number of fused-ring (bicyclic) bond motifs is 1. The Morgan fingerprint density at radius 1 is 1.00 bits per heavy atom. The van der Waals surface area contributed by atoms with Crippen LogP contribution in [0.1, 0.15) is 22.8 Å². The van der Waals surface area contributed by atoms with Gasteiger partial charge in [0.2, 0.25) is 0 Å². The summed E-state index contributed by atoms with van der Waals surface area (Å²) in [5.74, 6) is -1.31. The predicted molar refractivity (Wildman–Crippen MR) is 136 cm³/mol. The lowest BCUT2D eigenvalue weighted by molar-refractivity contribution is -0.121. The molecule has 182 valence electrons. The van der Waals surface area contributed by atoms with Gasteiger partial charge >= 0.3 is 5.97 Å². The van der Waals surface area contributed by atoms with Gasteiger partial charge < -0.3 is 9.64 Å². The first-order valence-electron chi connectivity index (χ1n) is 10.9. The highest BCUT2D eigenvalue weighted by Crippen LogP contribution is 2.33. The van der Waals surface area contributed by atoms with Crippen molar-refractivity contribution in [2.45, 2.75) is 18.2 Å². The average molecular weight is 533 g/mol. The molecule has 0 bridgehead atoms. The first-order chi connectivity index (χ1) is 16.7. The molecule has 0 aliphatic carbocycles. The molecule has 0 N–H and O–H groups in total. The van der Waals surface area contributed by atoms with Crippen LogP contribution >= 0.6 is 23.2 Å². The van der Waals surface area contributed by atoms with Crippen molar-refractivity contribution in [3.63, 3.8) is 0 Å². The quantitative estimate of drug-likeness (QED) is 0.401. The molecule has 3 aromatic rings. The molecule has 1 aliphatic rings. The number of amides is 1. The van der Waals surface area contributed by atoms with Gasteiger partial charge in [0.05, 0.1) is 21.3 Å². The third-order valence-electron chi connectivity index (χ3n) is 5.66. The third kappa shape index (κ3) is 5.00. The molecular weight excluding hydrogens is 511 g/mol. The van der Waals surface area contributed by atoms with E-state index in [1.807, 2.05) is 24.3 Å². The Labute approximate surface area is 213 Å². The molecule has 35 heavy (non-hydrogen) atoms. The van der Waals surface area contributed by atoms with Crippen LogP contribution in [0.25, 0.3) is 0 Å². The lowest BCUT2D eigenvalue weighted by Crippen LogP contribution is -2.33. The second kappa shape index (κ2) is 10.3. The minimum Gasteiger partial charge on any atom is -0.452 e. The number of benzene rings is 3. The van der Waals surface area contributed by atoms with Crippen LogP contribution in [0, 0.1) is 0 Å². The van der Waals surface area contributed by atoms with E-state index in [0.717, 1.165) is 23.7 Å². The SMILES string of the molecule is CCN(c1ccccc1)S(=O)(=O)c1cc(C(=O)OCC(=O)N2CCc3ccccc32)c(Cl)cc1Cl. The van der Waals surface area contributed by atoms with E-state index < -0.39 is 22.6 Å². The van der Waals surface area contributed by atoms with Crippen LogP contribution in [0.5, 0.6) is 0 Å². The molecule has 0 atom stereocenters. The lowest BCUT2D eigenvalue weighted by Gasteiger charge is -2.24. The van der Waals surface area contributed by atoms with Crippen LogP contribution in [-0.2, 0) is 26.0 Å². The van der Waals surface area contributed by atoms with E-state index in [1.165, 1.54) is 10.4 Å². The number of nitrogens with zero attached hydrogens (tertiary/aromatic N) is 2. The Morgan fingerprint density at radius 3 is 2.40 bits per heavy atom. The molecule has 10 heteroatoms. The molecule has 0 saturated heterocycles. The first-order valence-corrected chi connectivity index (χ1v) is 13.1. The molecule has 4 rings (SSSR count). The second-order valence-corrected chi connectivity index (χ2v) is 10.4. The van der Waals surface area contributed by atoms with E-state index in [9.17, 15) is 18.0 Å². The van der Waals surface area contributed by atoms with Crippen molar-refractivity contribution < 1.29 is 22.7 Å². The Kier molecular flexibility index (Phi) is 7.35. The van der Waals surface area contributed by atoms with Crippen molar-refractivity contribution in [3.05, 3.63) is 87.9 Å². The molecular formula is C25H22Cl2N2O5S. The van der Waals surface area contributed by atoms with Gasteiger partial charge in [-0.2, -0.15) is 0 Å². The predicted octanol–water partition coefficient (Wildman–Crippen LogP) is 4.95. The summed E-state index contributed by atoms with van der Waals surface area (Å²) in [6.45, 7) is 1.80. The van der Waals surface area contributed by atoms with Crippen LogP contribution in [0.15, 0.2) is 71.6 Å². The Balaban J connectivity index is 1.56. The molecule has 0 spiro atoms. The summed E-state index contributed by atoms with van der Waals surface area (Å²) in [6, 6.07) is 18.3. The number of anilines is 2. The third-order valence-corrected chi connectivity index (χ3v) is 8.34. The minimum absolute atomic E-state index is 0.0827. The van der Waals surface area contributed by atoms with Crippen LogP contribution in [0.4, 0.5) is 11.4 Å². The Bertz CT molecular complexity index is 1380. The number of esters is 1. The fourth-order valence-electron chi connectivity index (χ4n) is 3.97. The largest absolute Gasteiger partial charge is 0.452 e. The topological polar surface area (TPSA) is 84.0 Å². The van der Waals surface area contributed by atoms with Crippen LogP contribution in [0.2, 0.25) is 10.0 Å². The van der Waals surface area contributed by atoms with Gasteiger partial charge in [-0.3, -0.25) is 9.10 Å². The summed E-state index contributed by atoms with van der Waals surface area (Å²) in [7, 11) is -4.13. The average Bonchev–Trinajstić information content (AvgIpc) is 3.27. The van der Waals surface area contributed by atoms with Crippen LogP contribution in [-0.4, -0.2) is 40.0 Å². The number of sulfonamides is 1. The molecule has 1 aliphatic heterocycles. The number of halogens is 2. The molecule has 0 aromatic heterocycles. The standard InChI is InChI=1S/C25H22Cl2N2O5S/c1-2-29(18-9-4-3-5-10-18)35(32,33)23-14-19(20(26)15-21(23)27)25(31)34-16-24(30)28-13-12-17-8-6-7-11-22(17)28/h3-11,14-15H,2,12-13,16H2,1H3. The van der Waals surface area contributed by atoms with Crippen molar-refractivity contribution >= 4 is 56.5 Å². The van der Waals surface area contributed by atoms with Gasteiger partial charge in [0.15, 0.2) is 6.61 Å². The normalized spacial score (nSPS) is 12.8. The molecule has 0 saturated carbocycles. The van der Waals surface area contributed by atoms with E-state index in [1.54, 1.807) is 42.2 Å². The number of carbonyl (C=O) groups is 2. The zero-order chi connectivity index (χ0) is 25.2. The molecule has 1 amide bonds. The maximum absolute atomic E-state index is 13.4. The van der Waals surface area contributed by atoms with E-state index in [2.05, 4.69) is 0 Å². The summed E-state index contributed by atoms with van der Waals surface area (Å²) in [6.07, 6.45) is 0.718. The highest BCUT2D eigenvalue weighted by molar-refractivity contribution is 7.93. The van der Waals surface area contributed by atoms with E-state index >= 15 is 0 Å². The van der Waals surface area contributed by atoms with Crippen molar-refractivity contribution in [1.29, 1.82) is 0 Å². The van der Waals surface area contributed by atoms with Gasteiger partial charge in [-0.25, -0.2) is 13.2 Å². The second-order valence-electron chi connectivity index (χ2n) is 7.77. The van der Waals surface area contributed by atoms with Crippen molar-refractivity contribution in [2.24, 2.45) is 0 Å². The van der Waals surface area contributed by atoms with Crippen LogP contribution < -0.4 is 9.21 Å². The first kappa shape index (κ1) is 25.0. The Morgan fingerprint density at radius 2 is 1.69 bits per heavy atom. The van der Waals surface area contributed by atoms with Crippen molar-refractivity contribution in [1.82, 2.24) is 0 Å². The number of ether oxygens (including phenoxy) is 1. The molecule has 0 radical (unpaired) electrons. The molecule has 1 heterocycles. The monoisotopic (exact) mass is 532 g/mol. The molecule has 7 nitrogen and oxygen atoms in total. The van der Waals surface area contributed by atoms with Gasteiger partial charge in [0.25, 0.3) is 15.9 Å². The van der Waals surface area contributed by atoms with E-state index in [-0.39, 0.29) is 33.0 Å². The Hall–Kier alpha value is -3.07. The van der Waals surface area contributed by atoms with Gasteiger partial charge in [-0.15, -0.1) is 0 Å². The summed E-state index contributed by atoms with van der Waals surface area (Å²) in [4.78, 5) is 26.8. The summed E-state index contributed by atoms with van der Waals surface area (Å²) >= 11 is 12.4. The fraction of sp³-hybridized carbons (Fsp3) is 0.200. The van der Waals surface area contributed by atoms with Gasteiger partial charge in [-0.05, 0) is 49.2 Å². The number of rotatable bonds is 7. The smallest absolute Gasteiger partial charge is 0.340 e. The fourth-order valence-corrected chi connectivity index (χ4v) is 6.27.